The molecule has 7 nitrogen and oxygen atoms in total. The molecule has 0 bridgehead atoms. The third-order valence-corrected chi connectivity index (χ3v) is 4.30. The maximum absolute atomic E-state index is 12.0. The summed E-state index contributed by atoms with van der Waals surface area (Å²) in [4.78, 5) is 12.0. The minimum Gasteiger partial charge on any atom is -0.760 e. The molecule has 0 spiro atoms. The predicted octanol–water partition coefficient (Wildman–Crippen LogP) is 0.301. The summed E-state index contributed by atoms with van der Waals surface area (Å²) in [7, 11) is 0. The Hall–Kier alpha value is -0.980. The summed E-state index contributed by atoms with van der Waals surface area (Å²) in [5.74, 6) is 6.13. The van der Waals surface area contributed by atoms with E-state index in [1.807, 2.05) is 13.8 Å². The van der Waals surface area contributed by atoms with Crippen molar-refractivity contribution in [3.05, 3.63) is 0 Å². The summed E-state index contributed by atoms with van der Waals surface area (Å²) in [5.41, 5.74) is 0. The number of amides is 1. The Morgan fingerprint density at radius 2 is 1.96 bits per heavy atom. The van der Waals surface area contributed by atoms with Crippen LogP contribution in [-0.2, 0) is 25.5 Å². The first-order chi connectivity index (χ1) is 11.5. The summed E-state index contributed by atoms with van der Waals surface area (Å²) in [5, 5.41) is 2.82. The van der Waals surface area contributed by atoms with E-state index in [4.69, 9.17) is 9.47 Å². The topological polar surface area (TPSA) is 90.9 Å². The van der Waals surface area contributed by atoms with Crippen molar-refractivity contribution in [3.8, 4) is 11.8 Å². The lowest BCUT2D eigenvalue weighted by Gasteiger charge is -2.31. The molecule has 0 aromatic rings. The highest BCUT2D eigenvalue weighted by atomic mass is 32.2. The van der Waals surface area contributed by atoms with Crippen LogP contribution < -0.4 is 5.32 Å². The van der Waals surface area contributed by atoms with Gasteiger partial charge in [-0.1, -0.05) is 25.7 Å². The molecule has 1 unspecified atom stereocenters. The van der Waals surface area contributed by atoms with Crippen molar-refractivity contribution >= 4 is 17.2 Å². The zero-order chi connectivity index (χ0) is 17.8. The number of rotatable bonds is 9. The van der Waals surface area contributed by atoms with Gasteiger partial charge in [0, 0.05) is 42.7 Å². The van der Waals surface area contributed by atoms with E-state index in [0.29, 0.717) is 64.8 Å². The summed E-state index contributed by atoms with van der Waals surface area (Å²) in [6, 6.07) is 0. The Labute approximate surface area is 146 Å². The van der Waals surface area contributed by atoms with Crippen LogP contribution in [0.15, 0.2) is 0 Å². The van der Waals surface area contributed by atoms with E-state index in [-0.39, 0.29) is 11.8 Å². The Morgan fingerprint density at radius 3 is 2.58 bits per heavy atom. The summed E-state index contributed by atoms with van der Waals surface area (Å²) in [6.07, 6.45) is 1.12. The van der Waals surface area contributed by atoms with Crippen molar-refractivity contribution < 1.29 is 23.0 Å². The monoisotopic (exact) mass is 359 g/mol. The van der Waals surface area contributed by atoms with Gasteiger partial charge in [0.05, 0.1) is 19.8 Å². The van der Waals surface area contributed by atoms with Gasteiger partial charge in [0.2, 0.25) is 5.91 Å². The van der Waals surface area contributed by atoms with E-state index in [0.717, 1.165) is 0 Å². The molecule has 1 aliphatic heterocycles. The van der Waals surface area contributed by atoms with Crippen molar-refractivity contribution in [2.24, 2.45) is 11.8 Å². The summed E-state index contributed by atoms with van der Waals surface area (Å²) >= 11 is -2.18. The van der Waals surface area contributed by atoms with Gasteiger partial charge in [0.1, 0.15) is 6.61 Å². The highest BCUT2D eigenvalue weighted by Gasteiger charge is 2.24. The molecule has 1 saturated heterocycles. The van der Waals surface area contributed by atoms with Crippen molar-refractivity contribution in [1.82, 2.24) is 9.62 Å². The van der Waals surface area contributed by atoms with Crippen LogP contribution in [0.1, 0.15) is 26.7 Å². The van der Waals surface area contributed by atoms with Crippen molar-refractivity contribution in [3.63, 3.8) is 0 Å². The third kappa shape index (κ3) is 9.35. The molecule has 24 heavy (non-hydrogen) atoms. The molecule has 1 atom stereocenters. The molecule has 138 valence electrons. The van der Waals surface area contributed by atoms with Crippen LogP contribution in [0.4, 0.5) is 0 Å². The lowest BCUT2D eigenvalue weighted by molar-refractivity contribution is -0.126. The molecule has 0 saturated carbocycles. The SMILES string of the molecule is CC(C)C#CCOCCOCCNC(=O)C1CCN(S(=O)[O-])CC1. The average Bonchev–Trinajstić information content (AvgIpc) is 2.56. The van der Waals surface area contributed by atoms with Crippen LogP contribution in [0.5, 0.6) is 0 Å². The van der Waals surface area contributed by atoms with Gasteiger partial charge in [-0.3, -0.25) is 9.00 Å². The van der Waals surface area contributed by atoms with Gasteiger partial charge in [0.25, 0.3) is 0 Å². The van der Waals surface area contributed by atoms with Gasteiger partial charge in [-0.2, -0.15) is 0 Å². The molecule has 1 fully saturated rings. The molecule has 8 heteroatoms. The predicted molar refractivity (Wildman–Crippen MR) is 90.5 cm³/mol. The van der Waals surface area contributed by atoms with E-state index in [2.05, 4.69) is 17.2 Å². The normalized spacial score (nSPS) is 17.3. The Balaban J connectivity index is 1.97. The first-order valence-corrected chi connectivity index (χ1v) is 9.29. The number of carbonyl (C=O) groups excluding carboxylic acids is 1. The maximum atomic E-state index is 12.0. The van der Waals surface area contributed by atoms with Crippen LogP contribution in [0.25, 0.3) is 0 Å². The first kappa shape index (κ1) is 21.1. The van der Waals surface area contributed by atoms with Crippen LogP contribution in [0.2, 0.25) is 0 Å². The largest absolute Gasteiger partial charge is 0.760 e. The number of piperidine rings is 1. The molecule has 1 rings (SSSR count). The standard InChI is InChI=1S/C16H28N2O5S/c1-14(2)4-3-10-22-12-13-23-11-7-17-16(19)15-5-8-18(9-6-15)24(20)21/h14-15H,5-13H2,1-2H3,(H,17,19)(H,20,21)/p-1. The second-order valence-corrected chi connectivity index (χ2v) is 6.80. The lowest BCUT2D eigenvalue weighted by Crippen LogP contribution is -2.41. The Kier molecular flexibility index (Phi) is 10.9. The number of carbonyl (C=O) groups is 1. The van der Waals surface area contributed by atoms with Gasteiger partial charge in [0.15, 0.2) is 0 Å². The zero-order valence-electron chi connectivity index (χ0n) is 14.4. The van der Waals surface area contributed by atoms with Crippen LogP contribution in [0.3, 0.4) is 0 Å². The van der Waals surface area contributed by atoms with Gasteiger partial charge >= 0.3 is 0 Å². The van der Waals surface area contributed by atoms with E-state index in [9.17, 15) is 13.6 Å². The fourth-order valence-corrected chi connectivity index (χ4v) is 2.76. The smallest absolute Gasteiger partial charge is 0.223 e. The fraction of sp³-hybridized carbons (Fsp3) is 0.812. The summed E-state index contributed by atoms with van der Waals surface area (Å²) < 4.78 is 33.6. The lowest BCUT2D eigenvalue weighted by atomic mass is 9.97. The number of nitrogens with zero attached hydrogens (tertiary/aromatic N) is 1. The molecule has 1 amide bonds. The highest BCUT2D eigenvalue weighted by Crippen LogP contribution is 2.17. The third-order valence-electron chi connectivity index (χ3n) is 3.52. The second-order valence-electron chi connectivity index (χ2n) is 5.85. The molecule has 0 aromatic heterocycles. The molecule has 0 radical (unpaired) electrons. The average molecular weight is 359 g/mol. The van der Waals surface area contributed by atoms with Crippen LogP contribution in [0, 0.1) is 23.7 Å². The molecular weight excluding hydrogens is 332 g/mol. The maximum Gasteiger partial charge on any atom is 0.223 e. The van der Waals surface area contributed by atoms with Gasteiger partial charge in [-0.15, -0.1) is 0 Å². The number of nitrogens with one attached hydrogen (secondary N) is 1. The van der Waals surface area contributed by atoms with Gasteiger partial charge in [-0.05, 0) is 12.8 Å². The number of hydrogen-bond donors (Lipinski definition) is 1. The number of hydrogen-bond acceptors (Lipinski definition) is 5. The quantitative estimate of drug-likeness (QED) is 0.363. The minimum absolute atomic E-state index is 0.0323. The molecule has 0 aromatic carbocycles. The number of ether oxygens (including phenoxy) is 2. The van der Waals surface area contributed by atoms with Gasteiger partial charge in [-0.25, -0.2) is 4.31 Å². The fourth-order valence-electron chi connectivity index (χ4n) is 2.25. The van der Waals surface area contributed by atoms with E-state index in [1.54, 1.807) is 0 Å². The minimum atomic E-state index is -2.18. The Bertz CT molecular complexity index is 453. The molecule has 1 N–H and O–H groups in total. The highest BCUT2D eigenvalue weighted by molar-refractivity contribution is 7.76. The molecular formula is C16H27N2O5S-. The van der Waals surface area contributed by atoms with E-state index >= 15 is 0 Å². The molecule has 0 aliphatic carbocycles. The first-order valence-electron chi connectivity index (χ1n) is 8.26. The second kappa shape index (κ2) is 12.4. The van der Waals surface area contributed by atoms with Crippen LogP contribution in [-0.4, -0.2) is 65.0 Å². The molecule has 1 aliphatic rings. The zero-order valence-corrected chi connectivity index (χ0v) is 15.2. The molecule has 1 heterocycles. The summed E-state index contributed by atoms with van der Waals surface area (Å²) in [6.45, 7) is 7.08. The Morgan fingerprint density at radius 1 is 1.29 bits per heavy atom. The van der Waals surface area contributed by atoms with Crippen molar-refractivity contribution in [2.75, 3.05) is 46.1 Å². The van der Waals surface area contributed by atoms with Gasteiger partial charge < -0.3 is 19.3 Å². The van der Waals surface area contributed by atoms with E-state index in [1.165, 1.54) is 4.31 Å². The van der Waals surface area contributed by atoms with Crippen molar-refractivity contribution in [2.45, 2.75) is 26.7 Å². The van der Waals surface area contributed by atoms with Crippen LogP contribution >= 0.6 is 0 Å². The van der Waals surface area contributed by atoms with E-state index < -0.39 is 11.3 Å². The van der Waals surface area contributed by atoms with Crippen molar-refractivity contribution in [1.29, 1.82) is 0 Å².